The molecule has 0 bridgehead atoms. The molecule has 0 aliphatic rings. The van der Waals surface area contributed by atoms with Crippen molar-refractivity contribution < 1.29 is 0 Å². The third-order valence-corrected chi connectivity index (χ3v) is 2.70. The molecule has 0 fully saturated rings. The summed E-state index contributed by atoms with van der Waals surface area (Å²) in [6, 6.07) is 12.2. The van der Waals surface area contributed by atoms with Crippen LogP contribution in [0.4, 0.5) is 0 Å². The van der Waals surface area contributed by atoms with Gasteiger partial charge in [-0.05, 0) is 30.7 Å². The molecule has 4 nitrogen and oxygen atoms in total. The van der Waals surface area contributed by atoms with Crippen molar-refractivity contribution in [3.05, 3.63) is 48.3 Å². The van der Waals surface area contributed by atoms with E-state index < -0.39 is 0 Å². The third-order valence-electron chi connectivity index (χ3n) is 2.70. The van der Waals surface area contributed by atoms with Gasteiger partial charge in [0.2, 0.25) is 0 Å². The molecule has 1 N–H and O–H groups in total. The quantitative estimate of drug-likeness (QED) is 0.788. The summed E-state index contributed by atoms with van der Waals surface area (Å²) in [5.74, 6) is 0. The fraction of sp³-hybridized carbons (Fsp3) is 0.286. The Kier molecular flexibility index (Phi) is 4.51. The average molecular weight is 240 g/mol. The van der Waals surface area contributed by atoms with Gasteiger partial charge in [-0.3, -0.25) is 0 Å². The van der Waals surface area contributed by atoms with Gasteiger partial charge < -0.3 is 5.32 Å². The molecular formula is C14H16N4. The summed E-state index contributed by atoms with van der Waals surface area (Å²) in [4.78, 5) is 0. The first kappa shape index (κ1) is 12.3. The Hall–Kier alpha value is -2.12. The van der Waals surface area contributed by atoms with Gasteiger partial charge in [0.25, 0.3) is 0 Å². The zero-order valence-corrected chi connectivity index (χ0v) is 10.2. The molecule has 0 aliphatic heterocycles. The van der Waals surface area contributed by atoms with E-state index in [4.69, 9.17) is 5.26 Å². The van der Waals surface area contributed by atoms with Gasteiger partial charge in [0.1, 0.15) is 0 Å². The number of nitriles is 1. The Balaban J connectivity index is 1.98. The van der Waals surface area contributed by atoms with Crippen LogP contribution in [-0.2, 0) is 6.54 Å². The highest BCUT2D eigenvalue weighted by Crippen LogP contribution is 2.12. The molecule has 1 heterocycles. The molecular weight excluding hydrogens is 224 g/mol. The lowest BCUT2D eigenvalue weighted by atomic mass is 10.1. The van der Waals surface area contributed by atoms with Gasteiger partial charge in [0.05, 0.1) is 11.8 Å². The van der Waals surface area contributed by atoms with Crippen molar-refractivity contribution in [2.24, 2.45) is 0 Å². The number of nitrogens with one attached hydrogen (secondary N) is 1. The van der Waals surface area contributed by atoms with Crippen LogP contribution >= 0.6 is 0 Å². The van der Waals surface area contributed by atoms with Crippen LogP contribution in [0, 0.1) is 11.3 Å². The Morgan fingerprint density at radius 3 is 2.94 bits per heavy atom. The van der Waals surface area contributed by atoms with Crippen molar-refractivity contribution >= 4 is 0 Å². The number of benzene rings is 1. The molecule has 0 atom stereocenters. The van der Waals surface area contributed by atoms with Gasteiger partial charge in [0.15, 0.2) is 0 Å². The molecule has 0 spiro atoms. The summed E-state index contributed by atoms with van der Waals surface area (Å²) < 4.78 is 1.87. The monoisotopic (exact) mass is 240 g/mol. The number of hydrogen-bond acceptors (Lipinski definition) is 3. The second kappa shape index (κ2) is 6.58. The van der Waals surface area contributed by atoms with E-state index in [-0.39, 0.29) is 0 Å². The fourth-order valence-corrected chi connectivity index (χ4v) is 1.81. The number of hydrogen-bond donors (Lipinski definition) is 1. The Labute approximate surface area is 107 Å². The number of unbranched alkanes of at least 4 members (excludes halogenated alkanes) is 1. The van der Waals surface area contributed by atoms with Crippen molar-refractivity contribution in [1.29, 1.82) is 5.26 Å². The molecule has 2 rings (SSSR count). The van der Waals surface area contributed by atoms with E-state index in [0.29, 0.717) is 6.42 Å². The summed E-state index contributed by atoms with van der Waals surface area (Å²) in [5, 5.41) is 16.1. The van der Waals surface area contributed by atoms with Gasteiger partial charge in [-0.25, -0.2) is 4.68 Å². The van der Waals surface area contributed by atoms with Gasteiger partial charge in [-0.2, -0.15) is 10.4 Å². The zero-order chi connectivity index (χ0) is 12.6. The highest BCUT2D eigenvalue weighted by atomic mass is 15.3. The minimum atomic E-state index is 0.605. The van der Waals surface area contributed by atoms with Crippen LogP contribution in [0.2, 0.25) is 0 Å². The zero-order valence-electron chi connectivity index (χ0n) is 10.2. The molecule has 1 aromatic heterocycles. The first-order valence-electron chi connectivity index (χ1n) is 6.07. The second-order valence-corrected chi connectivity index (χ2v) is 4.02. The molecule has 0 amide bonds. The van der Waals surface area contributed by atoms with Crippen molar-refractivity contribution in [2.45, 2.75) is 19.4 Å². The van der Waals surface area contributed by atoms with E-state index in [2.05, 4.69) is 28.6 Å². The first-order valence-corrected chi connectivity index (χ1v) is 6.07. The molecule has 0 aliphatic carbocycles. The van der Waals surface area contributed by atoms with Crippen LogP contribution in [0.3, 0.4) is 0 Å². The average Bonchev–Trinajstić information content (AvgIpc) is 2.93. The molecule has 18 heavy (non-hydrogen) atoms. The first-order chi connectivity index (χ1) is 8.92. The smallest absolute Gasteiger partial charge is 0.0690 e. The van der Waals surface area contributed by atoms with Crippen molar-refractivity contribution in [1.82, 2.24) is 15.1 Å². The fourth-order valence-electron chi connectivity index (χ4n) is 1.81. The lowest BCUT2D eigenvalue weighted by Crippen LogP contribution is -2.16. The topological polar surface area (TPSA) is 53.6 Å². The summed E-state index contributed by atoms with van der Waals surface area (Å²) in [7, 11) is 0. The van der Waals surface area contributed by atoms with Crippen LogP contribution in [0.25, 0.3) is 5.69 Å². The Bertz CT molecular complexity index is 511. The summed E-state index contributed by atoms with van der Waals surface area (Å²) >= 11 is 0. The molecule has 1 aromatic carbocycles. The van der Waals surface area contributed by atoms with E-state index >= 15 is 0 Å². The summed E-state index contributed by atoms with van der Waals surface area (Å²) in [6.45, 7) is 1.66. The van der Waals surface area contributed by atoms with Gasteiger partial charge in [0, 0.05) is 25.4 Å². The molecule has 4 heteroatoms. The standard InChI is InChI=1S/C14H16N4/c15-8-3-4-9-16-12-13-6-1-2-7-14(13)18-11-5-10-17-18/h1-2,5-7,10-11,16H,3-4,9,12H2. The molecule has 0 radical (unpaired) electrons. The van der Waals surface area contributed by atoms with Gasteiger partial charge in [-0.1, -0.05) is 18.2 Å². The second-order valence-electron chi connectivity index (χ2n) is 4.02. The van der Waals surface area contributed by atoms with Gasteiger partial charge >= 0.3 is 0 Å². The largest absolute Gasteiger partial charge is 0.313 e. The predicted octanol–water partition coefficient (Wildman–Crippen LogP) is 2.27. The molecule has 92 valence electrons. The third kappa shape index (κ3) is 3.19. The number of nitrogens with zero attached hydrogens (tertiary/aromatic N) is 3. The Morgan fingerprint density at radius 1 is 1.28 bits per heavy atom. The minimum absolute atomic E-state index is 0.605. The van der Waals surface area contributed by atoms with Crippen LogP contribution in [0.5, 0.6) is 0 Å². The van der Waals surface area contributed by atoms with E-state index in [0.717, 1.165) is 25.2 Å². The highest BCUT2D eigenvalue weighted by molar-refractivity contribution is 5.40. The normalized spacial score (nSPS) is 10.2. The summed E-state index contributed by atoms with van der Waals surface area (Å²) in [6.07, 6.45) is 5.21. The van der Waals surface area contributed by atoms with E-state index in [1.165, 1.54) is 5.56 Å². The minimum Gasteiger partial charge on any atom is -0.313 e. The van der Waals surface area contributed by atoms with E-state index in [9.17, 15) is 0 Å². The number of aromatic nitrogens is 2. The number of rotatable bonds is 6. The van der Waals surface area contributed by atoms with E-state index in [1.807, 2.05) is 29.1 Å². The van der Waals surface area contributed by atoms with Crippen molar-refractivity contribution in [3.63, 3.8) is 0 Å². The maximum absolute atomic E-state index is 8.46. The highest BCUT2D eigenvalue weighted by Gasteiger charge is 2.03. The molecule has 2 aromatic rings. The van der Waals surface area contributed by atoms with Crippen LogP contribution in [0.15, 0.2) is 42.7 Å². The van der Waals surface area contributed by atoms with Crippen molar-refractivity contribution in [2.75, 3.05) is 6.54 Å². The maximum atomic E-state index is 8.46. The Morgan fingerprint density at radius 2 is 2.17 bits per heavy atom. The lowest BCUT2D eigenvalue weighted by Gasteiger charge is -2.10. The summed E-state index contributed by atoms with van der Waals surface area (Å²) in [5.41, 5.74) is 2.30. The predicted molar refractivity (Wildman–Crippen MR) is 70.1 cm³/mol. The SMILES string of the molecule is N#CCCCNCc1ccccc1-n1cccn1. The maximum Gasteiger partial charge on any atom is 0.0690 e. The molecule has 0 saturated heterocycles. The molecule has 0 unspecified atom stereocenters. The van der Waals surface area contributed by atoms with E-state index in [1.54, 1.807) is 6.20 Å². The van der Waals surface area contributed by atoms with Crippen molar-refractivity contribution in [3.8, 4) is 11.8 Å². The van der Waals surface area contributed by atoms with Crippen LogP contribution < -0.4 is 5.32 Å². The number of para-hydroxylation sites is 1. The van der Waals surface area contributed by atoms with Crippen LogP contribution in [-0.4, -0.2) is 16.3 Å². The molecule has 0 saturated carbocycles. The van der Waals surface area contributed by atoms with Crippen LogP contribution in [0.1, 0.15) is 18.4 Å². The van der Waals surface area contributed by atoms with Gasteiger partial charge in [-0.15, -0.1) is 0 Å². The lowest BCUT2D eigenvalue weighted by molar-refractivity contribution is 0.653.